The first-order chi connectivity index (χ1) is 12.5. The number of fused-ring (bicyclic) bond motifs is 3. The van der Waals surface area contributed by atoms with E-state index >= 15 is 0 Å². The van der Waals surface area contributed by atoms with E-state index in [-0.39, 0.29) is 12.0 Å². The van der Waals surface area contributed by atoms with Gasteiger partial charge in [0.15, 0.2) is 0 Å². The van der Waals surface area contributed by atoms with Crippen molar-refractivity contribution in [1.29, 1.82) is 0 Å². The molecule has 0 spiro atoms. The van der Waals surface area contributed by atoms with Crippen LogP contribution in [0, 0.1) is 6.92 Å². The molecule has 1 aromatic carbocycles. The van der Waals surface area contributed by atoms with Gasteiger partial charge in [0.2, 0.25) is 5.91 Å². The normalized spacial score (nSPS) is 18.5. The fraction of sp³-hybridized carbons (Fsp3) is 0.389. The molecule has 1 saturated heterocycles. The molecule has 0 bridgehead atoms. The lowest BCUT2D eigenvalue weighted by Gasteiger charge is -2.16. The van der Waals surface area contributed by atoms with E-state index in [2.05, 4.69) is 10.3 Å². The molecule has 1 fully saturated rings. The summed E-state index contributed by atoms with van der Waals surface area (Å²) in [6, 6.07) is 5.69. The van der Waals surface area contributed by atoms with Gasteiger partial charge in [-0.05, 0) is 19.1 Å². The summed E-state index contributed by atoms with van der Waals surface area (Å²) in [6.07, 6.45) is 0.0492. The van der Waals surface area contributed by atoms with Crippen LogP contribution in [0.15, 0.2) is 18.2 Å². The summed E-state index contributed by atoms with van der Waals surface area (Å²) in [5.41, 5.74) is 2.64. The Morgan fingerprint density at radius 1 is 1.46 bits per heavy atom. The zero-order valence-corrected chi connectivity index (χ0v) is 15.4. The Labute approximate surface area is 154 Å². The van der Waals surface area contributed by atoms with Gasteiger partial charge < -0.3 is 14.8 Å². The molecule has 0 saturated carbocycles. The minimum Gasteiger partial charge on any atom is -0.492 e. The van der Waals surface area contributed by atoms with Crippen LogP contribution >= 0.6 is 11.3 Å². The molecule has 2 aromatic rings. The Kier molecular flexibility index (Phi) is 4.28. The standard InChI is InChI=1S/C18H19N3O4S/c1-10(22)19-8-13-9-21(18(23)25-13)12-3-4-14-15(7-12)24-6-5-16-17(14)20-11(2)26-16/h3-4,7,13H,5-6,8-9H2,1-2H3,(H,19,22)/t13-/m0/s1. The van der Waals surface area contributed by atoms with Crippen LogP contribution in [0.3, 0.4) is 0 Å². The van der Waals surface area contributed by atoms with Crippen molar-refractivity contribution >= 4 is 29.0 Å². The third kappa shape index (κ3) is 3.12. The van der Waals surface area contributed by atoms with Gasteiger partial charge in [0.05, 0.1) is 36.1 Å². The fourth-order valence-corrected chi connectivity index (χ4v) is 4.12. The van der Waals surface area contributed by atoms with E-state index in [1.54, 1.807) is 16.2 Å². The van der Waals surface area contributed by atoms with E-state index < -0.39 is 6.09 Å². The quantitative estimate of drug-likeness (QED) is 0.894. The number of nitrogens with zero attached hydrogens (tertiary/aromatic N) is 2. The molecule has 0 aliphatic carbocycles. The first-order valence-electron chi connectivity index (χ1n) is 8.47. The second-order valence-corrected chi connectivity index (χ2v) is 7.62. The van der Waals surface area contributed by atoms with Gasteiger partial charge >= 0.3 is 6.09 Å². The number of carbonyl (C=O) groups is 2. The highest BCUT2D eigenvalue weighted by Gasteiger charge is 2.33. The molecule has 2 aliphatic heterocycles. The highest BCUT2D eigenvalue weighted by molar-refractivity contribution is 7.12. The van der Waals surface area contributed by atoms with E-state index in [0.29, 0.717) is 19.7 Å². The number of anilines is 1. The van der Waals surface area contributed by atoms with Crippen molar-refractivity contribution in [2.45, 2.75) is 26.4 Å². The van der Waals surface area contributed by atoms with Gasteiger partial charge in [-0.15, -0.1) is 11.3 Å². The molecule has 7 nitrogen and oxygen atoms in total. The van der Waals surface area contributed by atoms with Gasteiger partial charge in [-0.2, -0.15) is 0 Å². The highest BCUT2D eigenvalue weighted by Crippen LogP contribution is 2.39. The van der Waals surface area contributed by atoms with Gasteiger partial charge in [0.1, 0.15) is 11.9 Å². The van der Waals surface area contributed by atoms with E-state index in [4.69, 9.17) is 9.47 Å². The molecule has 4 rings (SSSR count). The van der Waals surface area contributed by atoms with E-state index in [1.165, 1.54) is 11.8 Å². The van der Waals surface area contributed by atoms with Crippen LogP contribution in [-0.4, -0.2) is 42.8 Å². The Morgan fingerprint density at radius 3 is 3.12 bits per heavy atom. The summed E-state index contributed by atoms with van der Waals surface area (Å²) in [7, 11) is 0. The monoisotopic (exact) mass is 373 g/mol. The summed E-state index contributed by atoms with van der Waals surface area (Å²) in [5, 5.41) is 3.71. The third-order valence-corrected chi connectivity index (χ3v) is 5.41. The third-order valence-electron chi connectivity index (χ3n) is 4.38. The number of hydrogen-bond acceptors (Lipinski definition) is 6. The molecule has 1 aromatic heterocycles. The minimum atomic E-state index is -0.417. The van der Waals surface area contributed by atoms with Gasteiger partial charge in [0, 0.05) is 29.9 Å². The number of benzene rings is 1. The first kappa shape index (κ1) is 16.8. The van der Waals surface area contributed by atoms with Crippen molar-refractivity contribution in [2.75, 3.05) is 24.6 Å². The lowest BCUT2D eigenvalue weighted by atomic mass is 10.1. The minimum absolute atomic E-state index is 0.146. The van der Waals surface area contributed by atoms with E-state index in [9.17, 15) is 9.59 Å². The van der Waals surface area contributed by atoms with Crippen LogP contribution < -0.4 is 15.0 Å². The summed E-state index contributed by atoms with van der Waals surface area (Å²) in [5.74, 6) is 0.581. The van der Waals surface area contributed by atoms with Gasteiger partial charge in [-0.1, -0.05) is 0 Å². The van der Waals surface area contributed by atoms with Crippen molar-refractivity contribution in [3.05, 3.63) is 28.1 Å². The Morgan fingerprint density at radius 2 is 2.31 bits per heavy atom. The lowest BCUT2D eigenvalue weighted by Crippen LogP contribution is -2.33. The van der Waals surface area contributed by atoms with Crippen LogP contribution in [0.25, 0.3) is 11.3 Å². The first-order valence-corrected chi connectivity index (χ1v) is 9.29. The summed E-state index contributed by atoms with van der Waals surface area (Å²) in [4.78, 5) is 30.7. The number of aryl methyl sites for hydroxylation is 1. The Hall–Kier alpha value is -2.61. The van der Waals surface area contributed by atoms with Crippen LogP contribution in [0.2, 0.25) is 0 Å². The average Bonchev–Trinajstić information content (AvgIpc) is 3.11. The number of cyclic esters (lactones) is 1. The lowest BCUT2D eigenvalue weighted by molar-refractivity contribution is -0.119. The molecule has 1 N–H and O–H groups in total. The maximum absolute atomic E-state index is 12.2. The number of rotatable bonds is 3. The van der Waals surface area contributed by atoms with Crippen molar-refractivity contribution in [3.63, 3.8) is 0 Å². The molecule has 2 aliphatic rings. The average molecular weight is 373 g/mol. The van der Waals surface area contributed by atoms with Gasteiger partial charge in [0.25, 0.3) is 0 Å². The van der Waals surface area contributed by atoms with Crippen molar-refractivity contribution < 1.29 is 19.1 Å². The van der Waals surface area contributed by atoms with Crippen LogP contribution in [0.1, 0.15) is 16.8 Å². The second kappa shape index (κ2) is 6.60. The smallest absolute Gasteiger partial charge is 0.414 e. The molecule has 1 atom stereocenters. The molecular formula is C18H19N3O4S. The summed E-state index contributed by atoms with van der Waals surface area (Å²) < 4.78 is 11.2. The number of carbonyl (C=O) groups excluding carboxylic acids is 2. The maximum atomic E-state index is 12.2. The SMILES string of the molecule is CC(=O)NC[C@H]1CN(c2ccc3c(c2)OCCc2sc(C)nc2-3)C(=O)O1. The largest absolute Gasteiger partial charge is 0.492 e. The highest BCUT2D eigenvalue weighted by atomic mass is 32.1. The molecule has 8 heteroatoms. The molecule has 2 amide bonds. The molecule has 3 heterocycles. The number of ether oxygens (including phenoxy) is 2. The maximum Gasteiger partial charge on any atom is 0.414 e. The number of thiazole rings is 1. The van der Waals surface area contributed by atoms with E-state index in [0.717, 1.165) is 34.1 Å². The predicted molar refractivity (Wildman–Crippen MR) is 97.8 cm³/mol. The van der Waals surface area contributed by atoms with Crippen molar-refractivity contribution in [2.24, 2.45) is 0 Å². The predicted octanol–water partition coefficient (Wildman–Crippen LogP) is 2.51. The second-order valence-electron chi connectivity index (χ2n) is 6.34. The Balaban J connectivity index is 1.59. The number of hydrogen-bond donors (Lipinski definition) is 1. The molecule has 136 valence electrons. The number of amides is 2. The number of nitrogens with one attached hydrogen (secondary N) is 1. The van der Waals surface area contributed by atoms with Crippen molar-refractivity contribution in [1.82, 2.24) is 10.3 Å². The van der Waals surface area contributed by atoms with Crippen LogP contribution in [0.4, 0.5) is 10.5 Å². The van der Waals surface area contributed by atoms with Crippen LogP contribution in [-0.2, 0) is 16.0 Å². The van der Waals surface area contributed by atoms with Gasteiger partial charge in [-0.25, -0.2) is 9.78 Å². The van der Waals surface area contributed by atoms with E-state index in [1.807, 2.05) is 25.1 Å². The zero-order chi connectivity index (χ0) is 18.3. The summed E-state index contributed by atoms with van der Waals surface area (Å²) in [6.45, 7) is 4.72. The number of aromatic nitrogens is 1. The molecule has 26 heavy (non-hydrogen) atoms. The molecule has 0 radical (unpaired) electrons. The Bertz CT molecular complexity index is 879. The topological polar surface area (TPSA) is 80.8 Å². The van der Waals surface area contributed by atoms with Gasteiger partial charge in [-0.3, -0.25) is 9.69 Å². The zero-order valence-electron chi connectivity index (χ0n) is 14.6. The fourth-order valence-electron chi connectivity index (χ4n) is 3.19. The van der Waals surface area contributed by atoms with Crippen LogP contribution in [0.5, 0.6) is 5.75 Å². The molecular weight excluding hydrogens is 354 g/mol. The molecule has 0 unspecified atom stereocenters. The summed E-state index contributed by atoms with van der Waals surface area (Å²) >= 11 is 1.69. The van der Waals surface area contributed by atoms with Crippen molar-refractivity contribution in [3.8, 4) is 17.0 Å².